The molecule has 0 aliphatic heterocycles. The topological polar surface area (TPSA) is 25.8 Å². The highest BCUT2D eigenvalue weighted by atomic mass is 32.2. The van der Waals surface area contributed by atoms with Gasteiger partial charge in [-0.05, 0) is 18.7 Å². The van der Waals surface area contributed by atoms with E-state index < -0.39 is 12.0 Å². The zero-order valence-corrected chi connectivity index (χ0v) is 7.83. The van der Waals surface area contributed by atoms with Crippen LogP contribution in [0.3, 0.4) is 0 Å². The summed E-state index contributed by atoms with van der Waals surface area (Å²) in [5.41, 5.74) is 0.653. The van der Waals surface area contributed by atoms with Crippen molar-refractivity contribution in [3.05, 3.63) is 17.6 Å². The summed E-state index contributed by atoms with van der Waals surface area (Å²) in [5.74, 6) is -1.08. The Kier molecular flexibility index (Phi) is 2.80. The molecule has 72 valence electrons. The first-order valence-electron chi connectivity index (χ1n) is 3.40. The Hall–Kier alpha value is -0.780. The number of aromatic nitrogens is 2. The molecule has 0 spiro atoms. The van der Waals surface area contributed by atoms with E-state index in [0.29, 0.717) is 10.6 Å². The number of aryl methyl sites for hydroxylation is 1. The zero-order chi connectivity index (χ0) is 10.1. The van der Waals surface area contributed by atoms with Gasteiger partial charge in [-0.15, -0.1) is 11.8 Å². The molecule has 1 aromatic rings. The maximum atomic E-state index is 12.1. The first-order chi connectivity index (χ1) is 5.95. The van der Waals surface area contributed by atoms with Crippen molar-refractivity contribution in [1.29, 1.82) is 0 Å². The second kappa shape index (κ2) is 3.53. The van der Waals surface area contributed by atoms with Gasteiger partial charge in [0.25, 0.3) is 0 Å². The number of alkyl halides is 3. The molecule has 0 aliphatic rings. The van der Waals surface area contributed by atoms with E-state index in [1.165, 1.54) is 18.0 Å². The molecule has 0 aliphatic carbocycles. The predicted molar refractivity (Wildman–Crippen MR) is 43.6 cm³/mol. The third-order valence-corrected chi connectivity index (χ3v) is 2.17. The lowest BCUT2D eigenvalue weighted by Crippen LogP contribution is -2.11. The zero-order valence-electron chi connectivity index (χ0n) is 7.01. The summed E-state index contributed by atoms with van der Waals surface area (Å²) in [6, 6.07) is 0. The fourth-order valence-corrected chi connectivity index (χ4v) is 1.32. The van der Waals surface area contributed by atoms with Crippen LogP contribution in [0.25, 0.3) is 0 Å². The highest BCUT2D eigenvalue weighted by Crippen LogP contribution is 2.27. The van der Waals surface area contributed by atoms with E-state index >= 15 is 0 Å². The van der Waals surface area contributed by atoms with Crippen LogP contribution in [-0.2, 0) is 6.18 Å². The molecule has 0 saturated carbocycles. The molecule has 0 atom stereocenters. The fraction of sp³-hybridized carbons (Fsp3) is 0.429. The number of rotatable bonds is 1. The van der Waals surface area contributed by atoms with Gasteiger partial charge < -0.3 is 0 Å². The highest BCUT2D eigenvalue weighted by Gasteiger charge is 2.34. The number of hydrogen-bond acceptors (Lipinski definition) is 3. The van der Waals surface area contributed by atoms with Gasteiger partial charge in [0.05, 0.1) is 0 Å². The maximum absolute atomic E-state index is 12.1. The molecule has 0 N–H and O–H groups in total. The van der Waals surface area contributed by atoms with E-state index in [2.05, 4.69) is 9.97 Å². The average Bonchev–Trinajstić information content (AvgIpc) is 2.03. The van der Waals surface area contributed by atoms with Crippen molar-refractivity contribution >= 4 is 11.8 Å². The van der Waals surface area contributed by atoms with E-state index in [4.69, 9.17) is 0 Å². The van der Waals surface area contributed by atoms with Gasteiger partial charge in [0.1, 0.15) is 5.03 Å². The van der Waals surface area contributed by atoms with Gasteiger partial charge in [0, 0.05) is 6.20 Å². The van der Waals surface area contributed by atoms with Crippen LogP contribution >= 0.6 is 11.8 Å². The Labute approximate surface area is 77.6 Å². The number of thioether (sulfide) groups is 1. The van der Waals surface area contributed by atoms with Crippen LogP contribution in [-0.4, -0.2) is 16.2 Å². The Balaban J connectivity index is 3.14. The predicted octanol–water partition coefficient (Wildman–Crippen LogP) is 2.53. The minimum absolute atomic E-state index is 0.363. The van der Waals surface area contributed by atoms with Gasteiger partial charge in [-0.25, -0.2) is 9.97 Å². The van der Waals surface area contributed by atoms with Gasteiger partial charge in [-0.3, -0.25) is 0 Å². The minimum atomic E-state index is -4.46. The lowest BCUT2D eigenvalue weighted by atomic mass is 10.4. The summed E-state index contributed by atoms with van der Waals surface area (Å²) in [6.45, 7) is 1.67. The molecule has 1 heterocycles. The number of halogens is 3. The molecular weight excluding hydrogens is 201 g/mol. The molecule has 0 fully saturated rings. The summed E-state index contributed by atoms with van der Waals surface area (Å²) >= 11 is 1.17. The molecule has 0 unspecified atom stereocenters. The quantitative estimate of drug-likeness (QED) is 0.524. The van der Waals surface area contributed by atoms with E-state index in [-0.39, 0.29) is 0 Å². The summed E-state index contributed by atoms with van der Waals surface area (Å²) in [5, 5.41) is 0.363. The van der Waals surface area contributed by atoms with Gasteiger partial charge in [0.2, 0.25) is 5.82 Å². The number of hydrogen-bond donors (Lipinski definition) is 0. The van der Waals surface area contributed by atoms with Gasteiger partial charge in [-0.1, -0.05) is 0 Å². The van der Waals surface area contributed by atoms with Crippen molar-refractivity contribution in [2.24, 2.45) is 0 Å². The van der Waals surface area contributed by atoms with Crippen molar-refractivity contribution in [1.82, 2.24) is 9.97 Å². The van der Waals surface area contributed by atoms with Crippen molar-refractivity contribution in [2.45, 2.75) is 18.1 Å². The van der Waals surface area contributed by atoms with Gasteiger partial charge >= 0.3 is 6.18 Å². The van der Waals surface area contributed by atoms with E-state index in [1.54, 1.807) is 13.2 Å². The van der Waals surface area contributed by atoms with E-state index in [0.717, 1.165) is 0 Å². The first-order valence-corrected chi connectivity index (χ1v) is 4.62. The summed E-state index contributed by atoms with van der Waals surface area (Å²) < 4.78 is 36.3. The molecule has 1 rings (SSSR count). The summed E-state index contributed by atoms with van der Waals surface area (Å²) in [6.07, 6.45) is -1.60. The largest absolute Gasteiger partial charge is 0.451 e. The lowest BCUT2D eigenvalue weighted by Gasteiger charge is -2.06. The van der Waals surface area contributed by atoms with E-state index in [9.17, 15) is 13.2 Å². The smallest absolute Gasteiger partial charge is 0.233 e. The summed E-state index contributed by atoms with van der Waals surface area (Å²) in [7, 11) is 0. The Morgan fingerprint density at radius 1 is 1.38 bits per heavy atom. The maximum Gasteiger partial charge on any atom is 0.451 e. The molecule has 0 radical (unpaired) electrons. The molecule has 0 saturated heterocycles. The Morgan fingerprint density at radius 2 is 2.00 bits per heavy atom. The second-order valence-corrected chi connectivity index (χ2v) is 3.18. The minimum Gasteiger partial charge on any atom is -0.233 e. The molecule has 0 bridgehead atoms. The van der Waals surface area contributed by atoms with Crippen LogP contribution in [0.15, 0.2) is 11.2 Å². The van der Waals surface area contributed by atoms with Crippen molar-refractivity contribution in [3.63, 3.8) is 0 Å². The first kappa shape index (κ1) is 10.3. The SMILES string of the molecule is CSc1nc(C(F)(F)F)ncc1C. The van der Waals surface area contributed by atoms with Crippen LogP contribution in [0.5, 0.6) is 0 Å². The molecular formula is C7H7F3N2S. The second-order valence-electron chi connectivity index (χ2n) is 2.38. The standard InChI is InChI=1S/C7H7F3N2S/c1-4-3-11-6(7(8,9)10)12-5(4)13-2/h3H,1-2H3. The molecule has 6 heteroatoms. The third-order valence-electron chi connectivity index (χ3n) is 1.37. The third kappa shape index (κ3) is 2.33. The lowest BCUT2D eigenvalue weighted by molar-refractivity contribution is -0.145. The van der Waals surface area contributed by atoms with Crippen LogP contribution in [0.2, 0.25) is 0 Å². The average molecular weight is 208 g/mol. The van der Waals surface area contributed by atoms with Crippen molar-refractivity contribution < 1.29 is 13.2 Å². The van der Waals surface area contributed by atoms with Crippen LogP contribution in [0.4, 0.5) is 13.2 Å². The Bertz CT molecular complexity index is 311. The van der Waals surface area contributed by atoms with Crippen LogP contribution in [0.1, 0.15) is 11.4 Å². The molecule has 0 aromatic carbocycles. The number of nitrogens with zero attached hydrogens (tertiary/aromatic N) is 2. The highest BCUT2D eigenvalue weighted by molar-refractivity contribution is 7.98. The van der Waals surface area contributed by atoms with Crippen LogP contribution in [0, 0.1) is 6.92 Å². The molecule has 0 amide bonds. The molecule has 2 nitrogen and oxygen atoms in total. The summed E-state index contributed by atoms with van der Waals surface area (Å²) in [4.78, 5) is 6.60. The fourth-order valence-electron chi connectivity index (χ4n) is 0.770. The normalized spacial score (nSPS) is 11.8. The molecule has 1 aromatic heterocycles. The molecule has 13 heavy (non-hydrogen) atoms. The van der Waals surface area contributed by atoms with Crippen molar-refractivity contribution in [3.8, 4) is 0 Å². The van der Waals surface area contributed by atoms with E-state index in [1.807, 2.05) is 0 Å². The Morgan fingerprint density at radius 3 is 2.46 bits per heavy atom. The van der Waals surface area contributed by atoms with Gasteiger partial charge in [0.15, 0.2) is 0 Å². The van der Waals surface area contributed by atoms with Gasteiger partial charge in [-0.2, -0.15) is 13.2 Å². The monoisotopic (exact) mass is 208 g/mol. The van der Waals surface area contributed by atoms with Crippen LogP contribution < -0.4 is 0 Å². The van der Waals surface area contributed by atoms with Crippen molar-refractivity contribution in [2.75, 3.05) is 6.26 Å².